The lowest BCUT2D eigenvalue weighted by Crippen LogP contribution is -3.22. The minimum Gasteiger partial charge on any atom is -0.634 e. The molecule has 0 aliphatic carbocycles. The summed E-state index contributed by atoms with van der Waals surface area (Å²) in [6.45, 7) is 13.0. The summed E-state index contributed by atoms with van der Waals surface area (Å²) in [5.74, 6) is 0. The number of unbranched alkanes of at least 4 members (excludes halogenated alkanes) is 2. The van der Waals surface area contributed by atoms with Crippen molar-refractivity contribution in [1.29, 1.82) is 0 Å². The second-order valence-electron chi connectivity index (χ2n) is 6.33. The van der Waals surface area contributed by atoms with Crippen molar-refractivity contribution in [3.05, 3.63) is 5.21 Å². The summed E-state index contributed by atoms with van der Waals surface area (Å²) in [6.07, 6.45) is 7.79. The van der Waals surface area contributed by atoms with Gasteiger partial charge >= 0.3 is 0 Å². The van der Waals surface area contributed by atoms with Gasteiger partial charge in [0.05, 0.1) is 11.1 Å². The van der Waals surface area contributed by atoms with Gasteiger partial charge in [0.15, 0.2) is 0 Å². The second-order valence-corrected chi connectivity index (χ2v) is 6.33. The van der Waals surface area contributed by atoms with Crippen LogP contribution in [0.5, 0.6) is 0 Å². The molecule has 0 aromatic carbocycles. The van der Waals surface area contributed by atoms with Crippen LogP contribution in [0.4, 0.5) is 0 Å². The van der Waals surface area contributed by atoms with Crippen LogP contribution in [-0.4, -0.2) is 11.1 Å². The number of hydrogen-bond donors (Lipinski definition) is 1. The predicted molar refractivity (Wildman–Crippen MR) is 76.2 cm³/mol. The molecule has 104 valence electrons. The Hall–Kier alpha value is -0.0800. The lowest BCUT2D eigenvalue weighted by atomic mass is 9.86. The van der Waals surface area contributed by atoms with Crippen molar-refractivity contribution >= 4 is 0 Å². The van der Waals surface area contributed by atoms with Gasteiger partial charge in [-0.3, -0.25) is 0 Å². The molecule has 0 radical (unpaired) electrons. The van der Waals surface area contributed by atoms with Crippen LogP contribution < -0.4 is 5.06 Å². The fraction of sp³-hybridized carbons (Fsp3) is 1.00. The Balaban J connectivity index is 4.56. The lowest BCUT2D eigenvalue weighted by molar-refractivity contribution is -0.952. The summed E-state index contributed by atoms with van der Waals surface area (Å²) in [4.78, 5) is 0. The summed E-state index contributed by atoms with van der Waals surface area (Å²) in [5.41, 5.74) is -0.250. The van der Waals surface area contributed by atoms with Gasteiger partial charge < -0.3 is 10.3 Å². The molecule has 1 N–H and O–H groups in total. The Kier molecular flexibility index (Phi) is 7.34. The van der Waals surface area contributed by atoms with E-state index in [1.54, 1.807) is 0 Å². The molecule has 2 unspecified atom stereocenters. The van der Waals surface area contributed by atoms with E-state index in [2.05, 4.69) is 41.5 Å². The highest BCUT2D eigenvalue weighted by Crippen LogP contribution is 2.18. The Morgan fingerprint density at radius 3 is 1.88 bits per heavy atom. The van der Waals surface area contributed by atoms with E-state index in [0.29, 0.717) is 5.06 Å². The molecule has 0 amide bonds. The highest BCUT2D eigenvalue weighted by atomic mass is 16.5. The Bertz CT molecular complexity index is 203. The Morgan fingerprint density at radius 1 is 0.882 bits per heavy atom. The zero-order valence-electron chi connectivity index (χ0n) is 12.9. The maximum Gasteiger partial charge on any atom is 0.0946 e. The molecular formula is C15H33NO. The topological polar surface area (TPSA) is 27.5 Å². The molecule has 17 heavy (non-hydrogen) atoms. The summed E-state index contributed by atoms with van der Waals surface area (Å²) >= 11 is 0. The van der Waals surface area contributed by atoms with E-state index in [-0.39, 0.29) is 11.1 Å². The van der Waals surface area contributed by atoms with Crippen LogP contribution in [0.2, 0.25) is 0 Å². The van der Waals surface area contributed by atoms with Gasteiger partial charge in [-0.25, -0.2) is 0 Å². The molecule has 0 aromatic heterocycles. The van der Waals surface area contributed by atoms with E-state index < -0.39 is 0 Å². The van der Waals surface area contributed by atoms with Gasteiger partial charge in [-0.1, -0.05) is 40.0 Å². The maximum atomic E-state index is 12.7. The zero-order chi connectivity index (χ0) is 13.5. The first kappa shape index (κ1) is 16.9. The van der Waals surface area contributed by atoms with Crippen molar-refractivity contribution in [2.24, 2.45) is 0 Å². The SMILES string of the molecule is CCCCCC(C)(C)[NH+]([O-])C(C)(CC)CCC. The zero-order valence-corrected chi connectivity index (χ0v) is 12.9. The van der Waals surface area contributed by atoms with Crippen molar-refractivity contribution in [3.8, 4) is 0 Å². The van der Waals surface area contributed by atoms with E-state index in [9.17, 15) is 5.21 Å². The standard InChI is InChI=1S/C15H33NO/c1-7-10-11-13-14(4,5)16(17)15(6,9-3)12-8-2/h16H,7-13H2,1-6H3. The third-order valence-corrected chi connectivity index (χ3v) is 4.15. The maximum absolute atomic E-state index is 12.7. The molecule has 0 bridgehead atoms. The smallest absolute Gasteiger partial charge is 0.0946 e. The predicted octanol–water partition coefficient (Wildman–Crippen LogP) is 3.70. The van der Waals surface area contributed by atoms with Crippen molar-refractivity contribution in [2.45, 2.75) is 97.6 Å². The summed E-state index contributed by atoms with van der Waals surface area (Å²) in [7, 11) is 0. The van der Waals surface area contributed by atoms with Crippen LogP contribution in [0, 0.1) is 5.21 Å². The van der Waals surface area contributed by atoms with E-state index in [4.69, 9.17) is 0 Å². The number of rotatable bonds is 9. The fourth-order valence-corrected chi connectivity index (χ4v) is 2.75. The summed E-state index contributed by atoms with van der Waals surface area (Å²) < 4.78 is 0. The molecule has 0 heterocycles. The minimum absolute atomic E-state index is 0.107. The third kappa shape index (κ3) is 4.97. The van der Waals surface area contributed by atoms with Crippen LogP contribution in [0.3, 0.4) is 0 Å². The summed E-state index contributed by atoms with van der Waals surface area (Å²) in [6, 6.07) is 0. The normalized spacial score (nSPS) is 17.8. The molecule has 2 atom stereocenters. The van der Waals surface area contributed by atoms with Gasteiger partial charge in [0.2, 0.25) is 0 Å². The molecule has 0 saturated heterocycles. The van der Waals surface area contributed by atoms with E-state index in [1.165, 1.54) is 19.3 Å². The average Bonchev–Trinajstić information content (AvgIpc) is 2.28. The fourth-order valence-electron chi connectivity index (χ4n) is 2.75. The molecule has 0 rings (SSSR count). The molecule has 0 aliphatic heterocycles. The van der Waals surface area contributed by atoms with E-state index >= 15 is 0 Å². The van der Waals surface area contributed by atoms with Crippen molar-refractivity contribution in [3.63, 3.8) is 0 Å². The highest BCUT2D eigenvalue weighted by molar-refractivity contribution is 4.77. The van der Waals surface area contributed by atoms with Crippen LogP contribution in [0.1, 0.15) is 86.5 Å². The molecule has 0 spiro atoms. The summed E-state index contributed by atoms with van der Waals surface area (Å²) in [5, 5.41) is 13.2. The van der Waals surface area contributed by atoms with Gasteiger partial charge in [-0.2, -0.15) is 0 Å². The molecule has 2 heteroatoms. The van der Waals surface area contributed by atoms with Crippen LogP contribution >= 0.6 is 0 Å². The van der Waals surface area contributed by atoms with E-state index in [0.717, 1.165) is 25.7 Å². The van der Waals surface area contributed by atoms with E-state index in [1.807, 2.05) is 0 Å². The van der Waals surface area contributed by atoms with Crippen molar-refractivity contribution < 1.29 is 5.06 Å². The quantitative estimate of drug-likeness (QED) is 0.485. The van der Waals surface area contributed by atoms with Crippen molar-refractivity contribution in [2.75, 3.05) is 0 Å². The number of hydroxylamine groups is 2. The third-order valence-electron chi connectivity index (χ3n) is 4.15. The Labute approximate surface area is 108 Å². The van der Waals surface area contributed by atoms with Gasteiger partial charge in [-0.15, -0.1) is 0 Å². The van der Waals surface area contributed by atoms with Crippen LogP contribution in [0.15, 0.2) is 0 Å². The van der Waals surface area contributed by atoms with Crippen molar-refractivity contribution in [1.82, 2.24) is 0 Å². The lowest BCUT2D eigenvalue weighted by Gasteiger charge is -2.50. The van der Waals surface area contributed by atoms with Crippen LogP contribution in [0.25, 0.3) is 0 Å². The largest absolute Gasteiger partial charge is 0.634 e. The molecule has 0 fully saturated rings. The molecule has 0 aliphatic rings. The minimum atomic E-state index is -0.144. The second kappa shape index (κ2) is 7.38. The van der Waals surface area contributed by atoms with Gasteiger partial charge in [0.25, 0.3) is 0 Å². The van der Waals surface area contributed by atoms with Gasteiger partial charge in [-0.05, 0) is 33.6 Å². The highest BCUT2D eigenvalue weighted by Gasteiger charge is 2.37. The molecule has 2 nitrogen and oxygen atoms in total. The molecule has 0 aromatic rings. The molecular weight excluding hydrogens is 210 g/mol. The van der Waals surface area contributed by atoms with Crippen LogP contribution in [-0.2, 0) is 0 Å². The first-order valence-electron chi connectivity index (χ1n) is 7.39. The first-order chi connectivity index (χ1) is 7.84. The number of quaternary nitrogens is 1. The Morgan fingerprint density at radius 2 is 1.47 bits per heavy atom. The van der Waals surface area contributed by atoms with Gasteiger partial charge in [0, 0.05) is 12.8 Å². The first-order valence-corrected chi connectivity index (χ1v) is 7.39. The number of nitrogens with one attached hydrogen (secondary N) is 1. The monoisotopic (exact) mass is 243 g/mol. The average molecular weight is 243 g/mol. The van der Waals surface area contributed by atoms with Gasteiger partial charge in [0.1, 0.15) is 0 Å². The molecule has 0 saturated carbocycles. The number of hydrogen-bond acceptors (Lipinski definition) is 1.